The van der Waals surface area contributed by atoms with Gasteiger partial charge >= 0.3 is 0 Å². The number of ether oxygens (including phenoxy) is 2. The van der Waals surface area contributed by atoms with Crippen molar-refractivity contribution in [3.05, 3.63) is 53.3 Å². The molecule has 0 unspecified atom stereocenters. The quantitative estimate of drug-likeness (QED) is 0.656. The van der Waals surface area contributed by atoms with Crippen LogP contribution in [0.5, 0.6) is 0 Å². The van der Waals surface area contributed by atoms with Crippen LogP contribution in [-0.4, -0.2) is 55.9 Å². The Kier molecular flexibility index (Phi) is 7.22. The summed E-state index contributed by atoms with van der Waals surface area (Å²) in [5.41, 5.74) is 4.12. The van der Waals surface area contributed by atoms with Gasteiger partial charge in [0.25, 0.3) is 5.91 Å². The Morgan fingerprint density at radius 3 is 2.08 bits per heavy atom. The number of benzene rings is 1. The van der Waals surface area contributed by atoms with E-state index in [0.717, 1.165) is 12.1 Å². The first-order chi connectivity index (χ1) is 12.1. The molecule has 2 rings (SSSR count). The third-order valence-electron chi connectivity index (χ3n) is 4.27. The van der Waals surface area contributed by atoms with Gasteiger partial charge in [-0.3, -0.25) is 4.79 Å². The molecule has 1 aromatic carbocycles. The molecule has 5 nitrogen and oxygen atoms in total. The molecule has 0 N–H and O–H groups in total. The van der Waals surface area contributed by atoms with Gasteiger partial charge in [0.1, 0.15) is 0 Å². The van der Waals surface area contributed by atoms with Crippen molar-refractivity contribution in [1.82, 2.24) is 9.47 Å². The zero-order valence-electron chi connectivity index (χ0n) is 15.6. The summed E-state index contributed by atoms with van der Waals surface area (Å²) < 4.78 is 12.4. The van der Waals surface area contributed by atoms with Gasteiger partial charge in [-0.25, -0.2) is 0 Å². The Morgan fingerprint density at radius 1 is 0.920 bits per heavy atom. The first-order valence-corrected chi connectivity index (χ1v) is 8.61. The predicted octanol–water partition coefficient (Wildman–Crippen LogP) is 3.22. The fourth-order valence-corrected chi connectivity index (χ4v) is 2.93. The summed E-state index contributed by atoms with van der Waals surface area (Å²) >= 11 is 0. The normalized spacial score (nSPS) is 10.9. The molecule has 0 radical (unpaired) electrons. The summed E-state index contributed by atoms with van der Waals surface area (Å²) in [6.45, 7) is 6.56. The highest BCUT2D eigenvalue weighted by atomic mass is 16.5. The van der Waals surface area contributed by atoms with E-state index < -0.39 is 0 Å². The largest absolute Gasteiger partial charge is 0.385 e. The summed E-state index contributed by atoms with van der Waals surface area (Å²) in [5.74, 6) is 0.0284. The Balaban J connectivity index is 2.13. The SMILES string of the molecule is COCCCN(CCOC)C(=O)c1ccc(-n2c(C)ccc2C)cc1. The number of nitrogens with zero attached hydrogens (tertiary/aromatic N) is 2. The van der Waals surface area contributed by atoms with Crippen LogP contribution in [0.15, 0.2) is 36.4 Å². The molecule has 0 aliphatic carbocycles. The van der Waals surface area contributed by atoms with Gasteiger partial charge < -0.3 is 18.9 Å². The highest BCUT2D eigenvalue weighted by molar-refractivity contribution is 5.94. The lowest BCUT2D eigenvalue weighted by Crippen LogP contribution is -2.35. The lowest BCUT2D eigenvalue weighted by atomic mass is 10.1. The van der Waals surface area contributed by atoms with Gasteiger partial charge in [0, 0.05) is 56.6 Å². The van der Waals surface area contributed by atoms with E-state index >= 15 is 0 Å². The van der Waals surface area contributed by atoms with Crippen molar-refractivity contribution in [2.45, 2.75) is 20.3 Å². The smallest absolute Gasteiger partial charge is 0.253 e. The number of amides is 1. The summed E-state index contributed by atoms with van der Waals surface area (Å²) in [6.07, 6.45) is 0.811. The van der Waals surface area contributed by atoms with Crippen molar-refractivity contribution in [2.75, 3.05) is 40.5 Å². The zero-order valence-corrected chi connectivity index (χ0v) is 15.6. The molecule has 0 aliphatic rings. The molecule has 25 heavy (non-hydrogen) atoms. The van der Waals surface area contributed by atoms with Crippen molar-refractivity contribution >= 4 is 5.91 Å². The minimum absolute atomic E-state index is 0.0284. The van der Waals surface area contributed by atoms with Gasteiger partial charge in [-0.05, 0) is 56.7 Å². The van der Waals surface area contributed by atoms with Crippen LogP contribution in [-0.2, 0) is 9.47 Å². The molecular formula is C20H28N2O3. The molecule has 1 amide bonds. The molecule has 0 atom stereocenters. The van der Waals surface area contributed by atoms with E-state index in [1.807, 2.05) is 29.2 Å². The minimum Gasteiger partial charge on any atom is -0.385 e. The number of hydrogen-bond acceptors (Lipinski definition) is 3. The minimum atomic E-state index is 0.0284. The molecule has 136 valence electrons. The van der Waals surface area contributed by atoms with Crippen LogP contribution in [0.4, 0.5) is 0 Å². The fourth-order valence-electron chi connectivity index (χ4n) is 2.93. The van der Waals surface area contributed by atoms with Gasteiger partial charge in [-0.1, -0.05) is 0 Å². The van der Waals surface area contributed by atoms with E-state index in [-0.39, 0.29) is 5.91 Å². The van der Waals surface area contributed by atoms with E-state index in [2.05, 4.69) is 30.5 Å². The summed E-state index contributed by atoms with van der Waals surface area (Å²) in [5, 5.41) is 0. The van der Waals surface area contributed by atoms with Crippen LogP contribution < -0.4 is 0 Å². The van der Waals surface area contributed by atoms with E-state index in [1.165, 1.54) is 11.4 Å². The number of methoxy groups -OCH3 is 2. The lowest BCUT2D eigenvalue weighted by Gasteiger charge is -2.22. The van der Waals surface area contributed by atoms with Gasteiger partial charge in [0.15, 0.2) is 0 Å². The van der Waals surface area contributed by atoms with E-state index in [0.29, 0.717) is 31.9 Å². The van der Waals surface area contributed by atoms with Crippen LogP contribution in [0.2, 0.25) is 0 Å². The summed E-state index contributed by atoms with van der Waals surface area (Å²) in [4.78, 5) is 14.6. The lowest BCUT2D eigenvalue weighted by molar-refractivity contribution is 0.0674. The third kappa shape index (κ3) is 4.94. The van der Waals surface area contributed by atoms with Crippen LogP contribution in [0, 0.1) is 13.8 Å². The molecule has 0 aliphatic heterocycles. The highest BCUT2D eigenvalue weighted by Gasteiger charge is 2.15. The van der Waals surface area contributed by atoms with Gasteiger partial charge in [-0.15, -0.1) is 0 Å². The number of carbonyl (C=O) groups excluding carboxylic acids is 1. The average Bonchev–Trinajstić information content (AvgIpc) is 2.96. The van der Waals surface area contributed by atoms with Gasteiger partial charge in [0.2, 0.25) is 0 Å². The number of carbonyl (C=O) groups is 1. The van der Waals surface area contributed by atoms with Crippen LogP contribution in [0.1, 0.15) is 28.2 Å². The molecular weight excluding hydrogens is 316 g/mol. The van der Waals surface area contributed by atoms with E-state index in [9.17, 15) is 4.79 Å². The summed E-state index contributed by atoms with van der Waals surface area (Å²) in [7, 11) is 3.32. The Morgan fingerprint density at radius 2 is 1.52 bits per heavy atom. The average molecular weight is 344 g/mol. The van der Waals surface area contributed by atoms with Crippen molar-refractivity contribution in [3.8, 4) is 5.69 Å². The monoisotopic (exact) mass is 344 g/mol. The second-order valence-electron chi connectivity index (χ2n) is 6.13. The highest BCUT2D eigenvalue weighted by Crippen LogP contribution is 2.17. The summed E-state index contributed by atoms with van der Waals surface area (Å²) in [6, 6.07) is 12.0. The fraction of sp³-hybridized carbons (Fsp3) is 0.450. The van der Waals surface area contributed by atoms with Crippen molar-refractivity contribution < 1.29 is 14.3 Å². The second-order valence-corrected chi connectivity index (χ2v) is 6.13. The first-order valence-electron chi connectivity index (χ1n) is 8.61. The molecule has 0 bridgehead atoms. The van der Waals surface area contributed by atoms with E-state index in [4.69, 9.17) is 9.47 Å². The molecule has 0 saturated carbocycles. The van der Waals surface area contributed by atoms with Crippen molar-refractivity contribution in [3.63, 3.8) is 0 Å². The van der Waals surface area contributed by atoms with E-state index in [1.54, 1.807) is 14.2 Å². The molecule has 0 saturated heterocycles. The molecule has 0 spiro atoms. The maximum atomic E-state index is 12.8. The number of aromatic nitrogens is 1. The third-order valence-corrected chi connectivity index (χ3v) is 4.27. The Hall–Kier alpha value is -2.11. The zero-order chi connectivity index (χ0) is 18.2. The molecule has 2 aromatic rings. The maximum Gasteiger partial charge on any atom is 0.253 e. The Labute approximate surface area is 150 Å². The van der Waals surface area contributed by atoms with Crippen LogP contribution >= 0.6 is 0 Å². The number of rotatable bonds is 9. The first kappa shape index (κ1) is 19.2. The second kappa shape index (κ2) is 9.39. The van der Waals surface area contributed by atoms with Crippen molar-refractivity contribution in [2.24, 2.45) is 0 Å². The maximum absolute atomic E-state index is 12.8. The van der Waals surface area contributed by atoms with Gasteiger partial charge in [-0.2, -0.15) is 0 Å². The van der Waals surface area contributed by atoms with Crippen molar-refractivity contribution in [1.29, 1.82) is 0 Å². The standard InChI is InChI=1S/C20H28N2O3/c1-16-6-7-17(2)22(16)19-10-8-18(9-11-19)20(23)21(13-15-25-4)12-5-14-24-3/h6-11H,5,12-15H2,1-4H3. The molecule has 1 aromatic heterocycles. The Bertz CT molecular complexity index is 657. The number of hydrogen-bond donors (Lipinski definition) is 0. The topological polar surface area (TPSA) is 43.7 Å². The molecule has 0 fully saturated rings. The molecule has 5 heteroatoms. The number of aryl methyl sites for hydroxylation is 2. The van der Waals surface area contributed by atoms with Crippen LogP contribution in [0.3, 0.4) is 0 Å². The van der Waals surface area contributed by atoms with Gasteiger partial charge in [0.05, 0.1) is 6.61 Å². The van der Waals surface area contributed by atoms with Crippen LogP contribution in [0.25, 0.3) is 5.69 Å². The molecule has 1 heterocycles. The predicted molar refractivity (Wildman–Crippen MR) is 99.5 cm³/mol.